The Bertz CT molecular complexity index is 336. The Morgan fingerprint density at radius 2 is 2.33 bits per heavy atom. The lowest BCUT2D eigenvalue weighted by molar-refractivity contribution is 0.253. The highest BCUT2D eigenvalue weighted by Crippen LogP contribution is 2.48. The van der Waals surface area contributed by atoms with Crippen molar-refractivity contribution >= 4 is 11.5 Å². The SMILES string of the molecule is Nc1cc(NCC2(CCO)CC2)ccn1. The molecule has 0 bridgehead atoms. The summed E-state index contributed by atoms with van der Waals surface area (Å²) in [4.78, 5) is 3.93. The van der Waals surface area contributed by atoms with Gasteiger partial charge in [-0.1, -0.05) is 0 Å². The molecule has 0 unspecified atom stereocenters. The third-order valence-corrected chi connectivity index (χ3v) is 3.05. The molecule has 82 valence electrons. The molecular formula is C11H17N3O. The first kappa shape index (κ1) is 10.2. The Balaban J connectivity index is 1.88. The fourth-order valence-corrected chi connectivity index (χ4v) is 1.78. The summed E-state index contributed by atoms with van der Waals surface area (Å²) in [6.45, 7) is 1.19. The highest BCUT2D eigenvalue weighted by Gasteiger charge is 2.41. The van der Waals surface area contributed by atoms with Gasteiger partial charge < -0.3 is 16.2 Å². The first-order chi connectivity index (χ1) is 7.24. The summed E-state index contributed by atoms with van der Waals surface area (Å²) < 4.78 is 0. The summed E-state index contributed by atoms with van der Waals surface area (Å²) in [6, 6.07) is 3.74. The minimum absolute atomic E-state index is 0.278. The van der Waals surface area contributed by atoms with Crippen molar-refractivity contribution in [1.82, 2.24) is 4.98 Å². The quantitative estimate of drug-likeness (QED) is 0.679. The van der Waals surface area contributed by atoms with Gasteiger partial charge in [0.1, 0.15) is 5.82 Å². The molecule has 2 rings (SSSR count). The van der Waals surface area contributed by atoms with Gasteiger partial charge in [0, 0.05) is 31.1 Å². The zero-order valence-electron chi connectivity index (χ0n) is 8.74. The number of anilines is 2. The zero-order chi connectivity index (χ0) is 10.7. The summed E-state index contributed by atoms with van der Waals surface area (Å²) >= 11 is 0. The number of rotatable bonds is 5. The number of nitrogen functional groups attached to an aromatic ring is 1. The van der Waals surface area contributed by atoms with Crippen LogP contribution in [-0.4, -0.2) is 23.2 Å². The molecule has 0 aromatic carbocycles. The Morgan fingerprint density at radius 3 is 2.93 bits per heavy atom. The molecule has 0 aliphatic heterocycles. The number of aromatic nitrogens is 1. The van der Waals surface area contributed by atoms with Crippen LogP contribution in [0.5, 0.6) is 0 Å². The molecule has 1 saturated carbocycles. The van der Waals surface area contributed by atoms with Gasteiger partial charge in [-0.15, -0.1) is 0 Å². The Labute approximate surface area is 89.5 Å². The molecule has 1 heterocycles. The average molecular weight is 207 g/mol. The van der Waals surface area contributed by atoms with E-state index in [0.717, 1.165) is 18.7 Å². The van der Waals surface area contributed by atoms with Crippen LogP contribution in [0.1, 0.15) is 19.3 Å². The van der Waals surface area contributed by atoms with E-state index in [2.05, 4.69) is 10.3 Å². The Kier molecular flexibility index (Phi) is 2.77. The summed E-state index contributed by atoms with van der Waals surface area (Å²) in [6.07, 6.45) is 5.01. The summed E-state index contributed by atoms with van der Waals surface area (Å²) in [7, 11) is 0. The number of aliphatic hydroxyl groups is 1. The fraction of sp³-hybridized carbons (Fsp3) is 0.545. The molecule has 1 aromatic heterocycles. The third kappa shape index (κ3) is 2.59. The molecular weight excluding hydrogens is 190 g/mol. The number of hydrogen-bond donors (Lipinski definition) is 3. The second-order valence-electron chi connectivity index (χ2n) is 4.30. The van der Waals surface area contributed by atoms with Crippen molar-refractivity contribution in [1.29, 1.82) is 0 Å². The second kappa shape index (κ2) is 4.06. The van der Waals surface area contributed by atoms with Gasteiger partial charge in [0.15, 0.2) is 0 Å². The predicted molar refractivity (Wildman–Crippen MR) is 60.5 cm³/mol. The van der Waals surface area contributed by atoms with Crippen molar-refractivity contribution in [2.24, 2.45) is 5.41 Å². The Morgan fingerprint density at radius 1 is 1.53 bits per heavy atom. The van der Waals surface area contributed by atoms with Crippen LogP contribution in [0.3, 0.4) is 0 Å². The normalized spacial score (nSPS) is 17.4. The molecule has 4 nitrogen and oxygen atoms in total. The van der Waals surface area contributed by atoms with Gasteiger partial charge in [-0.2, -0.15) is 0 Å². The van der Waals surface area contributed by atoms with Crippen LogP contribution in [0.2, 0.25) is 0 Å². The average Bonchev–Trinajstić information content (AvgIpc) is 2.97. The maximum atomic E-state index is 8.93. The fourth-order valence-electron chi connectivity index (χ4n) is 1.78. The minimum Gasteiger partial charge on any atom is -0.396 e. The van der Waals surface area contributed by atoms with E-state index in [1.54, 1.807) is 6.20 Å². The molecule has 4 heteroatoms. The van der Waals surface area contributed by atoms with E-state index in [1.807, 2.05) is 12.1 Å². The van der Waals surface area contributed by atoms with Crippen LogP contribution in [0.4, 0.5) is 11.5 Å². The van der Waals surface area contributed by atoms with Crippen LogP contribution in [-0.2, 0) is 0 Å². The van der Waals surface area contributed by atoms with Gasteiger partial charge in [-0.3, -0.25) is 0 Å². The van der Waals surface area contributed by atoms with Crippen LogP contribution >= 0.6 is 0 Å². The maximum absolute atomic E-state index is 8.93. The van der Waals surface area contributed by atoms with Crippen molar-refractivity contribution in [3.8, 4) is 0 Å². The van der Waals surface area contributed by atoms with E-state index in [1.165, 1.54) is 12.8 Å². The van der Waals surface area contributed by atoms with Gasteiger partial charge in [0.25, 0.3) is 0 Å². The number of nitrogens with zero attached hydrogens (tertiary/aromatic N) is 1. The lowest BCUT2D eigenvalue weighted by Gasteiger charge is -2.15. The number of aliphatic hydroxyl groups excluding tert-OH is 1. The van der Waals surface area contributed by atoms with Crippen molar-refractivity contribution < 1.29 is 5.11 Å². The molecule has 1 aliphatic carbocycles. The largest absolute Gasteiger partial charge is 0.396 e. The molecule has 15 heavy (non-hydrogen) atoms. The van der Waals surface area contributed by atoms with Crippen LogP contribution in [0, 0.1) is 5.41 Å². The molecule has 0 atom stereocenters. The number of nitrogens with two attached hydrogens (primary N) is 1. The van der Waals surface area contributed by atoms with E-state index >= 15 is 0 Å². The highest BCUT2D eigenvalue weighted by atomic mass is 16.3. The van der Waals surface area contributed by atoms with E-state index in [9.17, 15) is 0 Å². The number of hydrogen-bond acceptors (Lipinski definition) is 4. The lowest BCUT2D eigenvalue weighted by atomic mass is 10.0. The van der Waals surface area contributed by atoms with Crippen LogP contribution < -0.4 is 11.1 Å². The van der Waals surface area contributed by atoms with Crippen LogP contribution in [0.15, 0.2) is 18.3 Å². The predicted octanol–water partition coefficient (Wildman–Crippen LogP) is 1.24. The molecule has 1 fully saturated rings. The van der Waals surface area contributed by atoms with E-state index in [-0.39, 0.29) is 6.61 Å². The second-order valence-corrected chi connectivity index (χ2v) is 4.30. The first-order valence-electron chi connectivity index (χ1n) is 5.30. The number of nitrogens with one attached hydrogen (secondary N) is 1. The molecule has 0 amide bonds. The van der Waals surface area contributed by atoms with E-state index in [4.69, 9.17) is 10.8 Å². The van der Waals surface area contributed by atoms with Crippen molar-refractivity contribution in [2.45, 2.75) is 19.3 Å². The first-order valence-corrected chi connectivity index (χ1v) is 5.30. The summed E-state index contributed by atoms with van der Waals surface area (Å²) in [5.74, 6) is 0.534. The maximum Gasteiger partial charge on any atom is 0.125 e. The molecule has 0 radical (unpaired) electrons. The number of pyridine rings is 1. The molecule has 4 N–H and O–H groups in total. The van der Waals surface area contributed by atoms with Crippen molar-refractivity contribution in [3.05, 3.63) is 18.3 Å². The van der Waals surface area contributed by atoms with Gasteiger partial charge in [0.05, 0.1) is 0 Å². The van der Waals surface area contributed by atoms with Gasteiger partial charge >= 0.3 is 0 Å². The van der Waals surface area contributed by atoms with Gasteiger partial charge in [0.2, 0.25) is 0 Å². The Hall–Kier alpha value is -1.29. The molecule has 1 aliphatic rings. The summed E-state index contributed by atoms with van der Waals surface area (Å²) in [5.41, 5.74) is 6.91. The van der Waals surface area contributed by atoms with Gasteiger partial charge in [-0.05, 0) is 30.7 Å². The summed E-state index contributed by atoms with van der Waals surface area (Å²) in [5, 5.41) is 12.3. The van der Waals surface area contributed by atoms with Crippen molar-refractivity contribution in [2.75, 3.05) is 24.2 Å². The van der Waals surface area contributed by atoms with E-state index in [0.29, 0.717) is 11.2 Å². The topological polar surface area (TPSA) is 71.2 Å². The lowest BCUT2D eigenvalue weighted by Crippen LogP contribution is -2.16. The molecule has 0 spiro atoms. The smallest absolute Gasteiger partial charge is 0.125 e. The van der Waals surface area contributed by atoms with Crippen molar-refractivity contribution in [3.63, 3.8) is 0 Å². The molecule has 0 saturated heterocycles. The monoisotopic (exact) mass is 207 g/mol. The highest BCUT2D eigenvalue weighted by molar-refractivity contribution is 5.49. The van der Waals surface area contributed by atoms with Gasteiger partial charge in [-0.25, -0.2) is 4.98 Å². The third-order valence-electron chi connectivity index (χ3n) is 3.05. The standard InChI is InChI=1S/C11H17N3O/c12-10-7-9(1-5-13-10)14-8-11(2-3-11)4-6-15/h1,5,7,15H,2-4,6,8H2,(H3,12,13,14). The zero-order valence-corrected chi connectivity index (χ0v) is 8.74. The van der Waals surface area contributed by atoms with Crippen LogP contribution in [0.25, 0.3) is 0 Å². The molecule has 1 aromatic rings. The minimum atomic E-state index is 0.278. The van der Waals surface area contributed by atoms with E-state index < -0.39 is 0 Å².